The third kappa shape index (κ3) is 8.08. The lowest BCUT2D eigenvalue weighted by Crippen LogP contribution is -2.43. The monoisotopic (exact) mass is 462 g/mol. The highest BCUT2D eigenvalue weighted by atomic mass is 127. The minimum Gasteiger partial charge on any atom is -0.369 e. The van der Waals surface area contributed by atoms with Gasteiger partial charge in [0.25, 0.3) is 0 Å². The van der Waals surface area contributed by atoms with Gasteiger partial charge in [0.1, 0.15) is 0 Å². The van der Waals surface area contributed by atoms with Crippen molar-refractivity contribution in [1.82, 2.24) is 20.1 Å². The van der Waals surface area contributed by atoms with Crippen LogP contribution in [0.5, 0.6) is 0 Å². The topological polar surface area (TPSA) is 87.7 Å². The van der Waals surface area contributed by atoms with Crippen molar-refractivity contribution in [2.24, 2.45) is 16.6 Å². The summed E-state index contributed by atoms with van der Waals surface area (Å²) in [6.07, 6.45) is 7.11. The molecule has 7 nitrogen and oxygen atoms in total. The van der Waals surface area contributed by atoms with Gasteiger partial charge in [0.05, 0.1) is 5.92 Å². The van der Waals surface area contributed by atoms with Gasteiger partial charge in [-0.3, -0.25) is 9.79 Å². The van der Waals surface area contributed by atoms with Crippen molar-refractivity contribution in [3.8, 4) is 0 Å². The van der Waals surface area contributed by atoms with Gasteiger partial charge in [-0.1, -0.05) is 0 Å². The van der Waals surface area contributed by atoms with E-state index in [0.29, 0.717) is 0 Å². The Kier molecular flexibility index (Phi) is 10.6. The number of hydrogen-bond acceptors (Lipinski definition) is 3. The molecule has 0 saturated carbocycles. The molecule has 8 heteroatoms. The Bertz CT molecular complexity index is 519. The molecular formula is C17H31IN6O. The van der Waals surface area contributed by atoms with Gasteiger partial charge < -0.3 is 25.8 Å². The molecule has 2 heterocycles. The Balaban J connectivity index is 0.00000312. The number of nitrogens with two attached hydrogens (primary N) is 1. The number of nitrogens with zero attached hydrogens (tertiary/aromatic N) is 3. The molecule has 0 aliphatic carbocycles. The highest BCUT2D eigenvalue weighted by molar-refractivity contribution is 14.0. The van der Waals surface area contributed by atoms with Gasteiger partial charge in [0.2, 0.25) is 5.91 Å². The molecule has 0 spiro atoms. The smallest absolute Gasteiger partial charge is 0.221 e. The Labute approximate surface area is 167 Å². The number of halogens is 1. The van der Waals surface area contributed by atoms with Gasteiger partial charge >= 0.3 is 0 Å². The van der Waals surface area contributed by atoms with Crippen LogP contribution in [0.1, 0.15) is 19.3 Å². The second-order valence-corrected chi connectivity index (χ2v) is 6.24. The lowest BCUT2D eigenvalue weighted by molar-refractivity contribution is -0.123. The molecule has 0 aromatic carbocycles. The molecule has 1 aliphatic rings. The van der Waals surface area contributed by atoms with Crippen molar-refractivity contribution < 1.29 is 4.79 Å². The minimum absolute atomic E-state index is 0. The van der Waals surface area contributed by atoms with Crippen LogP contribution in [0.2, 0.25) is 0 Å². The van der Waals surface area contributed by atoms with Crippen molar-refractivity contribution in [1.29, 1.82) is 0 Å². The summed E-state index contributed by atoms with van der Waals surface area (Å²) >= 11 is 0. The lowest BCUT2D eigenvalue weighted by atomic mass is 9.97. The fourth-order valence-electron chi connectivity index (χ4n) is 3.04. The molecule has 1 amide bonds. The number of likely N-dealkylation sites (tertiary alicyclic amines) is 1. The molecule has 0 radical (unpaired) electrons. The van der Waals surface area contributed by atoms with E-state index in [1.807, 2.05) is 12.1 Å². The Morgan fingerprint density at radius 2 is 1.96 bits per heavy atom. The summed E-state index contributed by atoms with van der Waals surface area (Å²) in [4.78, 5) is 17.9. The average molecular weight is 462 g/mol. The van der Waals surface area contributed by atoms with E-state index < -0.39 is 0 Å². The first-order chi connectivity index (χ1) is 11.7. The van der Waals surface area contributed by atoms with Crippen LogP contribution in [0, 0.1) is 5.92 Å². The molecule has 1 aromatic rings. The SMILES string of the molecule is CN=C(NCCCN1CCCC(C(N)=O)C1)NCCn1cccc1.I. The number of piperidine rings is 1. The number of rotatable bonds is 8. The summed E-state index contributed by atoms with van der Waals surface area (Å²) in [5, 5.41) is 6.65. The Morgan fingerprint density at radius 3 is 2.64 bits per heavy atom. The molecule has 2 rings (SSSR count). The molecule has 4 N–H and O–H groups in total. The molecule has 1 unspecified atom stereocenters. The van der Waals surface area contributed by atoms with Crippen LogP contribution in [0.15, 0.2) is 29.5 Å². The van der Waals surface area contributed by atoms with Gasteiger partial charge in [0, 0.05) is 45.6 Å². The minimum atomic E-state index is -0.162. The molecule has 1 fully saturated rings. The molecule has 0 bridgehead atoms. The van der Waals surface area contributed by atoms with E-state index in [1.54, 1.807) is 7.05 Å². The van der Waals surface area contributed by atoms with E-state index in [2.05, 4.69) is 37.5 Å². The Hall–Kier alpha value is -1.29. The van der Waals surface area contributed by atoms with Gasteiger partial charge in [-0.05, 0) is 44.5 Å². The molecule has 25 heavy (non-hydrogen) atoms. The number of nitrogens with one attached hydrogen (secondary N) is 2. The number of primary amides is 1. The Morgan fingerprint density at radius 1 is 1.24 bits per heavy atom. The highest BCUT2D eigenvalue weighted by Crippen LogP contribution is 2.15. The van der Waals surface area contributed by atoms with Crippen LogP contribution in [-0.2, 0) is 11.3 Å². The molecular weight excluding hydrogens is 431 g/mol. The zero-order valence-corrected chi connectivity index (χ0v) is 17.3. The molecule has 1 saturated heterocycles. The fourth-order valence-corrected chi connectivity index (χ4v) is 3.04. The van der Waals surface area contributed by atoms with Crippen LogP contribution >= 0.6 is 24.0 Å². The van der Waals surface area contributed by atoms with Crippen molar-refractivity contribution in [2.45, 2.75) is 25.8 Å². The molecule has 1 aromatic heterocycles. The quantitative estimate of drug-likeness (QED) is 0.232. The first-order valence-corrected chi connectivity index (χ1v) is 8.76. The second kappa shape index (κ2) is 12.1. The van der Waals surface area contributed by atoms with Crippen LogP contribution in [-0.4, -0.2) is 61.1 Å². The number of carbonyl (C=O) groups excluding carboxylic acids is 1. The van der Waals surface area contributed by atoms with Gasteiger partial charge in [0.15, 0.2) is 5.96 Å². The summed E-state index contributed by atoms with van der Waals surface area (Å²) in [6.45, 7) is 5.46. The number of aliphatic imine (C=N–C) groups is 1. The zero-order valence-electron chi connectivity index (χ0n) is 15.0. The fraction of sp³-hybridized carbons (Fsp3) is 0.647. The largest absolute Gasteiger partial charge is 0.369 e. The van der Waals surface area contributed by atoms with E-state index >= 15 is 0 Å². The van der Waals surface area contributed by atoms with E-state index in [9.17, 15) is 4.79 Å². The first kappa shape index (κ1) is 21.8. The normalized spacial score (nSPS) is 18.4. The number of guanidine groups is 1. The average Bonchev–Trinajstić information content (AvgIpc) is 3.10. The summed E-state index contributed by atoms with van der Waals surface area (Å²) in [7, 11) is 1.78. The van der Waals surface area contributed by atoms with E-state index in [0.717, 1.165) is 64.5 Å². The van der Waals surface area contributed by atoms with E-state index in [4.69, 9.17) is 5.73 Å². The molecule has 1 aliphatic heterocycles. The van der Waals surface area contributed by atoms with Crippen LogP contribution in [0.3, 0.4) is 0 Å². The van der Waals surface area contributed by atoms with Gasteiger partial charge in [-0.2, -0.15) is 0 Å². The zero-order chi connectivity index (χ0) is 17.2. The van der Waals surface area contributed by atoms with Crippen molar-refractivity contribution in [3.05, 3.63) is 24.5 Å². The predicted octanol–water partition coefficient (Wildman–Crippen LogP) is 0.859. The molecule has 1 atom stereocenters. The molecule has 142 valence electrons. The van der Waals surface area contributed by atoms with Crippen molar-refractivity contribution in [2.75, 3.05) is 39.8 Å². The van der Waals surface area contributed by atoms with Gasteiger partial charge in [-0.15, -0.1) is 24.0 Å². The van der Waals surface area contributed by atoms with E-state index in [-0.39, 0.29) is 35.8 Å². The van der Waals surface area contributed by atoms with Crippen LogP contribution in [0.25, 0.3) is 0 Å². The second-order valence-electron chi connectivity index (χ2n) is 6.24. The number of hydrogen-bond donors (Lipinski definition) is 3. The van der Waals surface area contributed by atoms with E-state index in [1.165, 1.54) is 0 Å². The van der Waals surface area contributed by atoms with Crippen molar-refractivity contribution >= 4 is 35.8 Å². The number of amides is 1. The maximum atomic E-state index is 11.3. The summed E-state index contributed by atoms with van der Waals surface area (Å²) in [6, 6.07) is 4.05. The van der Waals surface area contributed by atoms with Gasteiger partial charge in [-0.25, -0.2) is 0 Å². The summed E-state index contributed by atoms with van der Waals surface area (Å²) < 4.78 is 2.13. The van der Waals surface area contributed by atoms with Crippen molar-refractivity contribution in [3.63, 3.8) is 0 Å². The highest BCUT2D eigenvalue weighted by Gasteiger charge is 2.23. The summed E-state index contributed by atoms with van der Waals surface area (Å²) in [5.41, 5.74) is 5.42. The third-order valence-electron chi connectivity index (χ3n) is 4.40. The maximum Gasteiger partial charge on any atom is 0.221 e. The summed E-state index contributed by atoms with van der Waals surface area (Å²) in [5.74, 6) is 0.691. The van der Waals surface area contributed by atoms with Crippen LogP contribution in [0.4, 0.5) is 0 Å². The maximum absolute atomic E-state index is 11.3. The third-order valence-corrected chi connectivity index (χ3v) is 4.40. The first-order valence-electron chi connectivity index (χ1n) is 8.76. The lowest BCUT2D eigenvalue weighted by Gasteiger charge is -2.31. The number of carbonyl (C=O) groups is 1. The predicted molar refractivity (Wildman–Crippen MR) is 112 cm³/mol. The standard InChI is InChI=1S/C17H30N6O.HI/c1-19-17(21-8-13-22-9-2-3-10-22)20-7-5-12-23-11-4-6-15(14-23)16(18)24;/h2-3,9-10,15H,4-8,11-14H2,1H3,(H2,18,24)(H2,19,20,21);1H. The van der Waals surface area contributed by atoms with Crippen LogP contribution < -0.4 is 16.4 Å². The number of aromatic nitrogens is 1.